The summed E-state index contributed by atoms with van der Waals surface area (Å²) >= 11 is 0. The number of ether oxygens (including phenoxy) is 1. The monoisotopic (exact) mass is 571 g/mol. The zero-order valence-corrected chi connectivity index (χ0v) is 21.1. The first kappa shape index (κ1) is 28.2. The first-order chi connectivity index (χ1) is 17.9. The minimum Gasteiger partial charge on any atom is -0.387 e. The molecule has 3 heterocycles. The molecule has 1 aliphatic heterocycles. The second-order valence-corrected chi connectivity index (χ2v) is 11.0. The zero-order valence-electron chi connectivity index (χ0n) is 19.3. The summed E-state index contributed by atoms with van der Waals surface area (Å²) in [6.07, 6.45) is -3.99. The smallest absolute Gasteiger partial charge is 0.387 e. The summed E-state index contributed by atoms with van der Waals surface area (Å²) in [5.74, 6) is 0. The van der Waals surface area contributed by atoms with Crippen LogP contribution in [-0.4, -0.2) is 63.9 Å². The Hall–Kier alpha value is -2.81. The average Bonchev–Trinajstić information content (AvgIpc) is 3.13. The molecule has 0 radical (unpaired) electrons. The summed E-state index contributed by atoms with van der Waals surface area (Å²) in [4.78, 5) is 57.0. The van der Waals surface area contributed by atoms with Crippen molar-refractivity contribution in [1.82, 2.24) is 14.1 Å². The van der Waals surface area contributed by atoms with E-state index in [-0.39, 0.29) is 6.54 Å². The van der Waals surface area contributed by atoms with Gasteiger partial charge in [0.05, 0.1) is 18.8 Å². The molecule has 5 N–H and O–H groups in total. The van der Waals surface area contributed by atoms with E-state index in [4.69, 9.17) is 14.5 Å². The molecule has 3 aromatic rings. The fourth-order valence-electron chi connectivity index (χ4n) is 3.89. The van der Waals surface area contributed by atoms with Crippen LogP contribution in [0.15, 0.2) is 70.5 Å². The van der Waals surface area contributed by atoms with Crippen molar-refractivity contribution in [2.45, 2.75) is 31.1 Å². The first-order valence-corrected chi connectivity index (χ1v) is 14.0. The number of nitrogens with zero attached hydrogens (tertiary/aromatic N) is 3. The number of aliphatic hydroxyl groups excluding tert-OH is 2. The molecule has 0 amide bonds. The number of aromatic nitrogens is 3. The Bertz CT molecular complexity index is 1510. The van der Waals surface area contributed by atoms with E-state index in [0.29, 0.717) is 11.3 Å². The van der Waals surface area contributed by atoms with Gasteiger partial charge in [-0.2, -0.15) is 4.31 Å². The van der Waals surface area contributed by atoms with Gasteiger partial charge in [-0.25, -0.2) is 13.9 Å². The standard InChI is InChI=1S/C21H23N3O12P2/c25-17-8-10-23(20-19(27)18(26)16(35-20)12-34-38(32,33)36-37(29,30)31)21(28)24(17)11-15-14(7-4-9-22-15)13-5-2-1-3-6-13/h1-10,16,18-20,26-27H,11-12H2,(H,32,33)(H2,29,30,31)/t16-,18+,19?,20-/m1/s1. The van der Waals surface area contributed by atoms with Crippen molar-refractivity contribution in [3.05, 3.63) is 87.5 Å². The molecule has 5 atom stereocenters. The van der Waals surface area contributed by atoms with Crippen molar-refractivity contribution in [2.24, 2.45) is 0 Å². The lowest BCUT2D eigenvalue weighted by Gasteiger charge is -2.19. The third kappa shape index (κ3) is 6.42. The lowest BCUT2D eigenvalue weighted by atomic mass is 10.0. The normalized spacial score (nSPS) is 23.3. The number of hydrogen-bond acceptors (Lipinski definition) is 10. The molecule has 2 unspecified atom stereocenters. The van der Waals surface area contributed by atoms with Gasteiger partial charge in [0.15, 0.2) is 6.23 Å². The number of benzene rings is 1. The molecule has 1 saturated heterocycles. The molecule has 4 rings (SSSR count). The minimum absolute atomic E-state index is 0.227. The largest absolute Gasteiger partial charge is 0.481 e. The second kappa shape index (κ2) is 11.1. The van der Waals surface area contributed by atoms with Crippen LogP contribution in [0.2, 0.25) is 0 Å². The molecule has 0 bridgehead atoms. The Morgan fingerprint density at radius 1 is 0.974 bits per heavy atom. The molecule has 1 aliphatic rings. The maximum absolute atomic E-state index is 13.3. The third-order valence-corrected chi connectivity index (χ3v) is 7.75. The molecule has 1 fully saturated rings. The molecule has 0 aliphatic carbocycles. The van der Waals surface area contributed by atoms with Crippen molar-refractivity contribution in [2.75, 3.05) is 6.61 Å². The van der Waals surface area contributed by atoms with Crippen LogP contribution in [0.5, 0.6) is 0 Å². The number of phosphoric acid groups is 2. The molecule has 204 valence electrons. The Morgan fingerprint density at radius 3 is 2.37 bits per heavy atom. The zero-order chi connectivity index (χ0) is 27.7. The summed E-state index contributed by atoms with van der Waals surface area (Å²) < 4.78 is 37.7. The second-order valence-electron chi connectivity index (χ2n) is 8.18. The lowest BCUT2D eigenvalue weighted by molar-refractivity contribution is -0.0547. The van der Waals surface area contributed by atoms with Gasteiger partial charge in [0.25, 0.3) is 5.56 Å². The van der Waals surface area contributed by atoms with Crippen LogP contribution in [0.25, 0.3) is 11.1 Å². The molecule has 2 aromatic heterocycles. The van der Waals surface area contributed by atoms with Crippen molar-refractivity contribution < 1.29 is 47.6 Å². The van der Waals surface area contributed by atoms with Crippen molar-refractivity contribution >= 4 is 15.6 Å². The highest BCUT2D eigenvalue weighted by Crippen LogP contribution is 2.57. The Labute approximate surface area is 214 Å². The third-order valence-electron chi connectivity index (χ3n) is 5.60. The maximum Gasteiger partial charge on any atom is 0.481 e. The molecule has 0 saturated carbocycles. The molecule has 15 nitrogen and oxygen atoms in total. The predicted molar refractivity (Wildman–Crippen MR) is 129 cm³/mol. The molecular weight excluding hydrogens is 548 g/mol. The summed E-state index contributed by atoms with van der Waals surface area (Å²) in [6, 6.07) is 13.7. The van der Waals surface area contributed by atoms with Gasteiger partial charge < -0.3 is 29.6 Å². The van der Waals surface area contributed by atoms with E-state index in [0.717, 1.165) is 27.0 Å². The van der Waals surface area contributed by atoms with Crippen molar-refractivity contribution in [1.29, 1.82) is 0 Å². The fraction of sp³-hybridized carbons (Fsp3) is 0.286. The van der Waals surface area contributed by atoms with Crippen LogP contribution >= 0.6 is 15.6 Å². The highest BCUT2D eigenvalue weighted by Gasteiger charge is 2.46. The van der Waals surface area contributed by atoms with Gasteiger partial charge in [-0.15, -0.1) is 0 Å². The minimum atomic E-state index is -5.38. The molecule has 1 aromatic carbocycles. The summed E-state index contributed by atoms with van der Waals surface area (Å²) in [7, 11) is -10.6. The quantitative estimate of drug-likeness (QED) is 0.213. The van der Waals surface area contributed by atoms with Crippen LogP contribution < -0.4 is 11.2 Å². The van der Waals surface area contributed by atoms with Crippen molar-refractivity contribution in [3.63, 3.8) is 0 Å². The topological polar surface area (TPSA) is 220 Å². The van der Waals surface area contributed by atoms with E-state index < -0.39 is 58.0 Å². The van der Waals surface area contributed by atoms with Crippen molar-refractivity contribution in [3.8, 4) is 11.1 Å². The van der Waals surface area contributed by atoms with Gasteiger partial charge in [0, 0.05) is 24.0 Å². The predicted octanol–water partition coefficient (Wildman–Crippen LogP) is -0.0342. The maximum atomic E-state index is 13.3. The summed E-state index contributed by atoms with van der Waals surface area (Å²) in [5, 5.41) is 20.8. The Morgan fingerprint density at radius 2 is 1.68 bits per heavy atom. The van der Waals surface area contributed by atoms with Crippen LogP contribution in [0.3, 0.4) is 0 Å². The number of aliphatic hydroxyl groups is 2. The highest BCUT2D eigenvalue weighted by atomic mass is 31.3. The lowest BCUT2D eigenvalue weighted by Crippen LogP contribution is -2.43. The highest BCUT2D eigenvalue weighted by molar-refractivity contribution is 7.60. The van der Waals surface area contributed by atoms with E-state index in [1.54, 1.807) is 12.1 Å². The van der Waals surface area contributed by atoms with E-state index in [2.05, 4.69) is 13.8 Å². The Kier molecular flexibility index (Phi) is 8.26. The van der Waals surface area contributed by atoms with Gasteiger partial charge in [-0.3, -0.25) is 23.4 Å². The fourth-order valence-corrected chi connectivity index (χ4v) is 5.49. The SMILES string of the molecule is O=c1ccn([C@@H]2O[C@H](COP(=O)(O)OP(=O)(O)O)[C@H](O)C2O)c(=O)n1Cc1ncccc1-c1ccccc1. The van der Waals surface area contributed by atoms with E-state index in [1.165, 1.54) is 6.20 Å². The number of pyridine rings is 1. The summed E-state index contributed by atoms with van der Waals surface area (Å²) in [5.41, 5.74) is 0.339. The van der Waals surface area contributed by atoms with Crippen LogP contribution in [0, 0.1) is 0 Å². The van der Waals surface area contributed by atoms with E-state index >= 15 is 0 Å². The van der Waals surface area contributed by atoms with Gasteiger partial charge in [-0.1, -0.05) is 36.4 Å². The van der Waals surface area contributed by atoms with Gasteiger partial charge in [0.1, 0.15) is 18.3 Å². The number of hydrogen-bond donors (Lipinski definition) is 5. The molecule has 17 heteroatoms. The molecule has 0 spiro atoms. The van der Waals surface area contributed by atoms with Gasteiger partial charge >= 0.3 is 21.3 Å². The average molecular weight is 571 g/mol. The Balaban J connectivity index is 1.58. The van der Waals surface area contributed by atoms with Crippen LogP contribution in [0.4, 0.5) is 0 Å². The van der Waals surface area contributed by atoms with Gasteiger partial charge in [0.2, 0.25) is 0 Å². The first-order valence-electron chi connectivity index (χ1n) is 10.9. The van der Waals surface area contributed by atoms with E-state index in [9.17, 15) is 33.8 Å². The number of rotatable bonds is 9. The molecule has 38 heavy (non-hydrogen) atoms. The molecular formula is C21H23N3O12P2. The van der Waals surface area contributed by atoms with Crippen LogP contribution in [0.1, 0.15) is 11.9 Å². The summed E-state index contributed by atoms with van der Waals surface area (Å²) in [6.45, 7) is -1.17. The number of phosphoric ester groups is 1. The van der Waals surface area contributed by atoms with E-state index in [1.807, 2.05) is 30.3 Å². The van der Waals surface area contributed by atoms with Gasteiger partial charge in [-0.05, 0) is 11.6 Å². The van der Waals surface area contributed by atoms with Crippen LogP contribution in [-0.2, 0) is 29.2 Å².